The summed E-state index contributed by atoms with van der Waals surface area (Å²) < 4.78 is 13.9. The normalized spacial score (nSPS) is 10.9. The second-order valence-electron chi connectivity index (χ2n) is 2.32. The summed E-state index contributed by atoms with van der Waals surface area (Å²) in [5, 5.41) is 7.24. The molecule has 2 aromatic rings. The monoisotopic (exact) mass is 296 g/mol. The summed E-state index contributed by atoms with van der Waals surface area (Å²) in [5.74, 6) is -0.347. The number of halogens is 3. The van der Waals surface area contributed by atoms with Crippen molar-refractivity contribution in [2.24, 2.45) is 0 Å². The summed E-state index contributed by atoms with van der Waals surface area (Å²) in [4.78, 5) is 0. The average molecular weight is 296 g/mol. The predicted octanol–water partition coefficient (Wildman–Crippen LogP) is 2.96. The van der Waals surface area contributed by atoms with Gasteiger partial charge in [-0.15, -0.1) is 0 Å². The Balaban J connectivity index is 2.92. The zero-order chi connectivity index (χ0) is 8.72. The third kappa shape index (κ3) is 1.19. The van der Waals surface area contributed by atoms with E-state index in [9.17, 15) is 4.39 Å². The Kier molecular flexibility index (Phi) is 1.96. The minimum atomic E-state index is -0.347. The molecule has 0 unspecified atom stereocenters. The third-order valence-corrected chi connectivity index (χ3v) is 2.44. The molecule has 0 saturated heterocycles. The van der Waals surface area contributed by atoms with Crippen molar-refractivity contribution in [3.05, 3.63) is 26.7 Å². The molecule has 0 aliphatic carbocycles. The molecule has 0 radical (unpaired) electrons. The summed E-state index contributed by atoms with van der Waals surface area (Å²) in [6.45, 7) is 0. The van der Waals surface area contributed by atoms with Gasteiger partial charge in [-0.3, -0.25) is 5.10 Å². The van der Waals surface area contributed by atoms with Crippen LogP contribution in [0, 0.1) is 9.39 Å². The number of hydrogen-bond acceptors (Lipinski definition) is 1. The van der Waals surface area contributed by atoms with Gasteiger partial charge < -0.3 is 0 Å². The van der Waals surface area contributed by atoms with Crippen LogP contribution in [0.15, 0.2) is 12.1 Å². The number of aromatic nitrogens is 2. The lowest BCUT2D eigenvalue weighted by Crippen LogP contribution is -1.79. The Morgan fingerprint density at radius 2 is 2.25 bits per heavy atom. The molecular formula is C7H3ClFIN2. The van der Waals surface area contributed by atoms with E-state index in [1.165, 1.54) is 6.07 Å². The largest absolute Gasteiger partial charge is 0.266 e. The van der Waals surface area contributed by atoms with Crippen molar-refractivity contribution < 1.29 is 4.39 Å². The Labute approximate surface area is 86.2 Å². The molecule has 5 heteroatoms. The number of nitrogens with one attached hydrogen (secondary N) is 1. The van der Waals surface area contributed by atoms with E-state index in [4.69, 9.17) is 11.6 Å². The van der Waals surface area contributed by atoms with Crippen LogP contribution in [-0.2, 0) is 0 Å². The summed E-state index contributed by atoms with van der Waals surface area (Å²) >= 11 is 7.76. The van der Waals surface area contributed by atoms with E-state index >= 15 is 0 Å². The van der Waals surface area contributed by atoms with Gasteiger partial charge in [-0.25, -0.2) is 4.39 Å². The molecule has 1 heterocycles. The fraction of sp³-hybridized carbons (Fsp3) is 0. The minimum absolute atomic E-state index is 0.292. The number of fused-ring (bicyclic) bond motifs is 1. The van der Waals surface area contributed by atoms with Crippen molar-refractivity contribution in [3.63, 3.8) is 0 Å². The molecule has 1 N–H and O–H groups in total. The predicted molar refractivity (Wildman–Crippen MR) is 53.8 cm³/mol. The molecule has 0 aliphatic rings. The number of hydrogen-bond donors (Lipinski definition) is 1. The van der Waals surface area contributed by atoms with Gasteiger partial charge in [-0.2, -0.15) is 5.10 Å². The second kappa shape index (κ2) is 2.85. The van der Waals surface area contributed by atoms with Crippen LogP contribution in [0.3, 0.4) is 0 Å². The van der Waals surface area contributed by atoms with Crippen molar-refractivity contribution in [3.8, 4) is 0 Å². The van der Waals surface area contributed by atoms with E-state index in [2.05, 4.69) is 10.2 Å². The van der Waals surface area contributed by atoms with E-state index in [1.54, 1.807) is 6.07 Å². The van der Waals surface area contributed by atoms with E-state index < -0.39 is 0 Å². The highest BCUT2D eigenvalue weighted by atomic mass is 127. The van der Waals surface area contributed by atoms with Gasteiger partial charge in [0.15, 0.2) is 5.82 Å². The molecule has 0 amide bonds. The molecule has 1 aromatic carbocycles. The fourth-order valence-corrected chi connectivity index (χ4v) is 1.78. The van der Waals surface area contributed by atoms with Gasteiger partial charge in [-0.05, 0) is 34.7 Å². The Morgan fingerprint density at radius 1 is 1.50 bits per heavy atom. The second-order valence-corrected chi connectivity index (χ2v) is 3.94. The lowest BCUT2D eigenvalue weighted by molar-refractivity contribution is 0.635. The number of nitrogens with zero attached hydrogens (tertiary/aromatic N) is 1. The van der Waals surface area contributed by atoms with Crippen molar-refractivity contribution in [2.45, 2.75) is 0 Å². The lowest BCUT2D eigenvalue weighted by atomic mass is 10.2. The third-order valence-electron chi connectivity index (χ3n) is 1.53. The summed E-state index contributed by atoms with van der Waals surface area (Å²) in [6.07, 6.45) is 0. The van der Waals surface area contributed by atoms with Crippen LogP contribution in [0.2, 0.25) is 5.15 Å². The first-order chi connectivity index (χ1) is 5.68. The van der Waals surface area contributed by atoms with E-state index in [-0.39, 0.29) is 5.82 Å². The highest BCUT2D eigenvalue weighted by molar-refractivity contribution is 14.1. The van der Waals surface area contributed by atoms with Gasteiger partial charge in [-0.1, -0.05) is 11.6 Å². The van der Waals surface area contributed by atoms with E-state index in [0.29, 0.717) is 16.1 Å². The topological polar surface area (TPSA) is 28.7 Å². The standard InChI is InChI=1S/C7H3ClFIN2/c8-7-4-1-3(10)2-5(9)6(4)11-12-7/h1-2H,(H,11,12). The van der Waals surface area contributed by atoms with E-state index in [1.807, 2.05) is 22.6 Å². The number of H-pyrrole nitrogens is 1. The molecule has 1 aromatic heterocycles. The molecule has 0 fully saturated rings. The number of aromatic amines is 1. The van der Waals surface area contributed by atoms with Crippen LogP contribution in [0.5, 0.6) is 0 Å². The SMILES string of the molecule is Fc1cc(I)cc2c(Cl)[nH]nc12. The van der Waals surface area contributed by atoms with Gasteiger partial charge in [0.25, 0.3) is 0 Å². The first-order valence-electron chi connectivity index (χ1n) is 3.17. The molecule has 0 spiro atoms. The molecule has 0 atom stereocenters. The zero-order valence-electron chi connectivity index (χ0n) is 5.74. The highest BCUT2D eigenvalue weighted by Crippen LogP contribution is 2.24. The van der Waals surface area contributed by atoms with Crippen molar-refractivity contribution in [1.29, 1.82) is 0 Å². The van der Waals surface area contributed by atoms with E-state index in [0.717, 1.165) is 3.57 Å². The zero-order valence-corrected chi connectivity index (χ0v) is 8.65. The molecule has 2 nitrogen and oxygen atoms in total. The van der Waals surface area contributed by atoms with Crippen LogP contribution in [0.1, 0.15) is 0 Å². The van der Waals surface area contributed by atoms with Gasteiger partial charge in [0.2, 0.25) is 0 Å². The summed E-state index contributed by atoms with van der Waals surface area (Å²) in [6, 6.07) is 3.20. The molecule has 0 saturated carbocycles. The van der Waals surface area contributed by atoms with Crippen molar-refractivity contribution >= 4 is 45.1 Å². The van der Waals surface area contributed by atoms with Gasteiger partial charge in [0, 0.05) is 8.96 Å². The van der Waals surface area contributed by atoms with Gasteiger partial charge >= 0.3 is 0 Å². The van der Waals surface area contributed by atoms with Crippen LogP contribution >= 0.6 is 34.2 Å². The molecule has 0 bridgehead atoms. The average Bonchev–Trinajstić information content (AvgIpc) is 2.33. The van der Waals surface area contributed by atoms with Crippen LogP contribution < -0.4 is 0 Å². The smallest absolute Gasteiger partial charge is 0.152 e. The Morgan fingerprint density at radius 3 is 3.00 bits per heavy atom. The first-order valence-corrected chi connectivity index (χ1v) is 4.63. The molecule has 62 valence electrons. The number of benzene rings is 1. The highest BCUT2D eigenvalue weighted by Gasteiger charge is 2.08. The summed E-state index contributed by atoms with van der Waals surface area (Å²) in [5.41, 5.74) is 0.292. The quantitative estimate of drug-likeness (QED) is 0.744. The first kappa shape index (κ1) is 8.25. The maximum absolute atomic E-state index is 13.1. The van der Waals surface area contributed by atoms with Gasteiger partial charge in [0.05, 0.1) is 0 Å². The van der Waals surface area contributed by atoms with Crippen molar-refractivity contribution in [2.75, 3.05) is 0 Å². The Hall–Kier alpha value is -0.360. The Bertz CT molecular complexity index is 440. The molecular weight excluding hydrogens is 293 g/mol. The molecule has 12 heavy (non-hydrogen) atoms. The van der Waals surface area contributed by atoms with Crippen molar-refractivity contribution in [1.82, 2.24) is 10.2 Å². The maximum atomic E-state index is 13.1. The van der Waals surface area contributed by atoms with Crippen LogP contribution in [-0.4, -0.2) is 10.2 Å². The minimum Gasteiger partial charge on any atom is -0.266 e. The lowest BCUT2D eigenvalue weighted by Gasteiger charge is -1.92. The molecule has 2 rings (SSSR count). The van der Waals surface area contributed by atoms with Gasteiger partial charge in [0.1, 0.15) is 10.7 Å². The van der Waals surface area contributed by atoms with Crippen LogP contribution in [0.4, 0.5) is 4.39 Å². The summed E-state index contributed by atoms with van der Waals surface area (Å²) in [7, 11) is 0. The van der Waals surface area contributed by atoms with Crippen LogP contribution in [0.25, 0.3) is 10.9 Å². The number of rotatable bonds is 0. The molecule has 0 aliphatic heterocycles. The maximum Gasteiger partial charge on any atom is 0.152 e. The fourth-order valence-electron chi connectivity index (χ4n) is 1.01.